The molecule has 2 rings (SSSR count). The Morgan fingerprint density at radius 3 is 2.82 bits per heavy atom. The smallest absolute Gasteiger partial charge is 0.356 e. The number of carboxylic acids is 1. The van der Waals surface area contributed by atoms with Crippen LogP contribution < -0.4 is 5.32 Å². The van der Waals surface area contributed by atoms with Crippen molar-refractivity contribution in [3.8, 4) is 0 Å². The van der Waals surface area contributed by atoms with Crippen LogP contribution in [-0.4, -0.2) is 22.0 Å². The predicted octanol–water partition coefficient (Wildman–Crippen LogP) is 1.91. The number of hydrogen-bond donors (Lipinski definition) is 2. The summed E-state index contributed by atoms with van der Waals surface area (Å²) in [5.41, 5.74) is 0.152. The Balaban J connectivity index is 2.01. The Hall–Kier alpha value is -1.91. The molecule has 1 heterocycles. The Kier molecular flexibility index (Phi) is 3.37. The van der Waals surface area contributed by atoms with Crippen molar-refractivity contribution in [3.63, 3.8) is 0 Å². The average molecular weight is 234 g/mol. The normalized spacial score (nSPS) is 15.1. The highest BCUT2D eigenvalue weighted by molar-refractivity contribution is 5.99. The van der Waals surface area contributed by atoms with E-state index in [0.717, 1.165) is 12.8 Å². The number of pyridine rings is 1. The van der Waals surface area contributed by atoms with Gasteiger partial charge in [-0.25, -0.2) is 9.78 Å². The molecular formula is C12H14N2O3. The average Bonchev–Trinajstić information content (AvgIpc) is 2.24. The van der Waals surface area contributed by atoms with Crippen LogP contribution in [0.25, 0.3) is 0 Å². The molecule has 1 aliphatic carbocycles. The molecule has 1 aliphatic rings. The van der Waals surface area contributed by atoms with E-state index < -0.39 is 5.97 Å². The molecule has 1 amide bonds. The predicted molar refractivity (Wildman–Crippen MR) is 61.8 cm³/mol. The van der Waals surface area contributed by atoms with Crippen LogP contribution in [-0.2, 0) is 4.79 Å². The summed E-state index contributed by atoms with van der Waals surface area (Å²) in [6.07, 6.45) is 5.22. The van der Waals surface area contributed by atoms with Crippen LogP contribution in [0, 0.1) is 5.92 Å². The highest BCUT2D eigenvalue weighted by Crippen LogP contribution is 2.29. The lowest BCUT2D eigenvalue weighted by atomic mass is 9.83. The van der Waals surface area contributed by atoms with E-state index in [2.05, 4.69) is 10.3 Å². The number of amides is 1. The first-order valence-corrected chi connectivity index (χ1v) is 5.65. The van der Waals surface area contributed by atoms with Crippen molar-refractivity contribution in [3.05, 3.63) is 24.0 Å². The molecule has 0 bridgehead atoms. The Morgan fingerprint density at radius 2 is 2.24 bits per heavy atom. The van der Waals surface area contributed by atoms with Gasteiger partial charge in [0.1, 0.15) is 0 Å². The van der Waals surface area contributed by atoms with E-state index in [-0.39, 0.29) is 17.3 Å². The van der Waals surface area contributed by atoms with Crippen molar-refractivity contribution >= 4 is 17.6 Å². The fraction of sp³-hybridized carbons (Fsp3) is 0.417. The zero-order chi connectivity index (χ0) is 12.3. The van der Waals surface area contributed by atoms with Crippen LogP contribution in [0.15, 0.2) is 18.3 Å². The van der Waals surface area contributed by atoms with Gasteiger partial charge < -0.3 is 10.4 Å². The van der Waals surface area contributed by atoms with Gasteiger partial charge in [-0.3, -0.25) is 4.79 Å². The molecule has 0 aliphatic heterocycles. The van der Waals surface area contributed by atoms with Crippen LogP contribution in [0.5, 0.6) is 0 Å². The highest BCUT2D eigenvalue weighted by atomic mass is 16.4. The minimum absolute atomic E-state index is 0.116. The number of carbonyl (C=O) groups excluding carboxylic acids is 1. The lowest BCUT2D eigenvalue weighted by Crippen LogP contribution is -2.22. The minimum Gasteiger partial charge on any atom is -0.476 e. The molecule has 0 spiro atoms. The molecule has 1 aromatic rings. The summed E-state index contributed by atoms with van der Waals surface area (Å²) in [4.78, 5) is 26.3. The van der Waals surface area contributed by atoms with Gasteiger partial charge in [0.2, 0.25) is 5.91 Å². The summed E-state index contributed by atoms with van der Waals surface area (Å²) in [5, 5.41) is 11.5. The third-order valence-electron chi connectivity index (χ3n) is 2.98. The fourth-order valence-electron chi connectivity index (χ4n) is 1.84. The first kappa shape index (κ1) is 11.6. The first-order valence-electron chi connectivity index (χ1n) is 5.65. The molecule has 1 aromatic heterocycles. The van der Waals surface area contributed by atoms with Gasteiger partial charge in [0.15, 0.2) is 5.69 Å². The summed E-state index contributed by atoms with van der Waals surface area (Å²) in [6.45, 7) is 0. The number of aromatic nitrogens is 1. The topological polar surface area (TPSA) is 79.3 Å². The van der Waals surface area contributed by atoms with Crippen molar-refractivity contribution < 1.29 is 14.7 Å². The van der Waals surface area contributed by atoms with E-state index >= 15 is 0 Å². The molecule has 5 heteroatoms. The summed E-state index contributed by atoms with van der Waals surface area (Å²) < 4.78 is 0. The van der Waals surface area contributed by atoms with E-state index in [1.165, 1.54) is 12.6 Å². The maximum Gasteiger partial charge on any atom is 0.356 e. The number of aromatic carboxylic acids is 1. The Morgan fingerprint density at radius 1 is 1.47 bits per heavy atom. The van der Waals surface area contributed by atoms with Gasteiger partial charge in [0.25, 0.3) is 0 Å². The van der Waals surface area contributed by atoms with Crippen molar-refractivity contribution in [2.75, 3.05) is 5.32 Å². The first-order chi connectivity index (χ1) is 8.16. The molecule has 1 fully saturated rings. The quantitative estimate of drug-likeness (QED) is 0.834. The van der Waals surface area contributed by atoms with Crippen molar-refractivity contribution in [2.24, 2.45) is 5.92 Å². The van der Waals surface area contributed by atoms with Gasteiger partial charge in [-0.2, -0.15) is 0 Å². The van der Waals surface area contributed by atoms with Gasteiger partial charge in [-0.05, 0) is 30.9 Å². The summed E-state index contributed by atoms with van der Waals surface area (Å²) in [6, 6.07) is 3.15. The standard InChI is InChI=1S/C12H14N2O3/c15-10(7-8-3-1-4-8)14-9-5-2-6-13-11(9)12(16)17/h2,5-6,8H,1,3-4,7H2,(H,14,15)(H,16,17). The van der Waals surface area contributed by atoms with Crippen LogP contribution in [0.3, 0.4) is 0 Å². The lowest BCUT2D eigenvalue weighted by Gasteiger charge is -2.24. The van der Waals surface area contributed by atoms with Gasteiger partial charge in [-0.1, -0.05) is 6.42 Å². The van der Waals surface area contributed by atoms with E-state index in [1.807, 2.05) is 0 Å². The van der Waals surface area contributed by atoms with Crippen LogP contribution >= 0.6 is 0 Å². The second-order valence-corrected chi connectivity index (χ2v) is 4.25. The summed E-state index contributed by atoms with van der Waals surface area (Å²) in [7, 11) is 0. The molecular weight excluding hydrogens is 220 g/mol. The molecule has 0 saturated heterocycles. The Labute approximate surface area is 98.9 Å². The summed E-state index contributed by atoms with van der Waals surface area (Å²) in [5.74, 6) is -0.810. The maximum absolute atomic E-state index is 11.7. The molecule has 0 atom stereocenters. The van der Waals surface area contributed by atoms with E-state index in [9.17, 15) is 9.59 Å². The molecule has 0 aromatic carbocycles. The zero-order valence-corrected chi connectivity index (χ0v) is 9.35. The minimum atomic E-state index is -1.13. The van der Waals surface area contributed by atoms with Crippen LogP contribution in [0.4, 0.5) is 5.69 Å². The molecule has 5 nitrogen and oxygen atoms in total. The van der Waals surface area contributed by atoms with Crippen molar-refractivity contribution in [1.82, 2.24) is 4.98 Å². The van der Waals surface area contributed by atoms with Crippen LogP contribution in [0.2, 0.25) is 0 Å². The van der Waals surface area contributed by atoms with Crippen LogP contribution in [0.1, 0.15) is 36.2 Å². The van der Waals surface area contributed by atoms with Crippen molar-refractivity contribution in [2.45, 2.75) is 25.7 Å². The SMILES string of the molecule is O=C(CC1CCC1)Nc1cccnc1C(=O)O. The fourth-order valence-corrected chi connectivity index (χ4v) is 1.84. The lowest BCUT2D eigenvalue weighted by molar-refractivity contribution is -0.117. The van der Waals surface area contributed by atoms with E-state index in [4.69, 9.17) is 5.11 Å². The number of hydrogen-bond acceptors (Lipinski definition) is 3. The van der Waals surface area contributed by atoms with E-state index in [0.29, 0.717) is 12.3 Å². The third-order valence-corrected chi connectivity index (χ3v) is 2.98. The monoisotopic (exact) mass is 234 g/mol. The zero-order valence-electron chi connectivity index (χ0n) is 9.35. The van der Waals surface area contributed by atoms with E-state index in [1.54, 1.807) is 12.1 Å². The number of anilines is 1. The molecule has 1 saturated carbocycles. The largest absolute Gasteiger partial charge is 0.476 e. The highest BCUT2D eigenvalue weighted by Gasteiger charge is 2.21. The second kappa shape index (κ2) is 4.95. The summed E-state index contributed by atoms with van der Waals surface area (Å²) >= 11 is 0. The maximum atomic E-state index is 11.7. The molecule has 2 N–H and O–H groups in total. The molecule has 0 unspecified atom stereocenters. The van der Waals surface area contributed by atoms with Gasteiger partial charge in [0, 0.05) is 12.6 Å². The van der Waals surface area contributed by atoms with Gasteiger partial charge in [0.05, 0.1) is 5.69 Å². The number of carbonyl (C=O) groups is 2. The number of carboxylic acid groups (broad SMARTS) is 1. The van der Waals surface area contributed by atoms with Gasteiger partial charge >= 0.3 is 5.97 Å². The molecule has 17 heavy (non-hydrogen) atoms. The third kappa shape index (κ3) is 2.81. The van der Waals surface area contributed by atoms with Crippen molar-refractivity contribution in [1.29, 1.82) is 0 Å². The number of nitrogens with one attached hydrogen (secondary N) is 1. The molecule has 0 radical (unpaired) electrons. The van der Waals surface area contributed by atoms with Gasteiger partial charge in [-0.15, -0.1) is 0 Å². The molecule has 90 valence electrons. The number of rotatable bonds is 4. The second-order valence-electron chi connectivity index (χ2n) is 4.25. The number of nitrogens with zero attached hydrogens (tertiary/aromatic N) is 1. The Bertz CT molecular complexity index is 441.